The van der Waals surface area contributed by atoms with E-state index in [0.717, 1.165) is 22.7 Å². The van der Waals surface area contributed by atoms with Crippen LogP contribution >= 0.6 is 11.3 Å². The number of thiazole rings is 1. The van der Waals surface area contributed by atoms with Crippen LogP contribution in [0.3, 0.4) is 0 Å². The van der Waals surface area contributed by atoms with Crippen LogP contribution in [0.4, 0.5) is 15.3 Å². The largest absolute Gasteiger partial charge is 0.444 e. The Hall–Kier alpha value is -2.61. The third kappa shape index (κ3) is 7.96. The molecule has 1 aromatic carbocycles. The number of anilines is 1. The van der Waals surface area contributed by atoms with E-state index < -0.39 is 11.7 Å². The maximum Gasteiger partial charge on any atom is 0.407 e. The molecule has 0 aliphatic heterocycles. The van der Waals surface area contributed by atoms with Gasteiger partial charge in [-0.05, 0) is 44.9 Å². The van der Waals surface area contributed by atoms with Gasteiger partial charge in [0.15, 0.2) is 0 Å². The zero-order valence-corrected chi connectivity index (χ0v) is 17.6. The fraction of sp³-hybridized carbons (Fsp3) is 0.450. The Bertz CT molecular complexity index is 799. The summed E-state index contributed by atoms with van der Waals surface area (Å²) in [6.07, 6.45) is 1.15. The predicted molar refractivity (Wildman–Crippen MR) is 112 cm³/mol. The molecule has 0 aliphatic rings. The van der Waals surface area contributed by atoms with Crippen LogP contribution in [-0.4, -0.2) is 29.3 Å². The molecule has 0 spiro atoms. The zero-order valence-electron chi connectivity index (χ0n) is 16.8. The van der Waals surface area contributed by atoms with E-state index in [-0.39, 0.29) is 6.03 Å². The first-order chi connectivity index (χ1) is 13.2. The number of aromatic nitrogens is 1. The number of aryl methyl sites for hydroxylation is 1. The molecule has 2 rings (SSSR count). The van der Waals surface area contributed by atoms with Crippen molar-refractivity contribution in [2.24, 2.45) is 0 Å². The van der Waals surface area contributed by atoms with Gasteiger partial charge in [0.1, 0.15) is 5.60 Å². The van der Waals surface area contributed by atoms with Gasteiger partial charge in [-0.15, -0.1) is 11.3 Å². The minimum Gasteiger partial charge on any atom is -0.444 e. The molecular formula is C20H28N4O3S. The number of rotatable bonds is 7. The van der Waals surface area contributed by atoms with Crippen molar-refractivity contribution in [3.63, 3.8) is 0 Å². The Morgan fingerprint density at radius 1 is 1.21 bits per heavy atom. The number of carbonyl (C=O) groups is 2. The lowest BCUT2D eigenvalue weighted by Crippen LogP contribution is -2.32. The lowest BCUT2D eigenvalue weighted by atomic mass is 10.2. The second-order valence-corrected chi connectivity index (χ2v) is 8.22. The Kier molecular flexibility index (Phi) is 7.80. The SMILES string of the molecule is CCc1nc(CCNC(=O)Nc2cccc(CNC(=O)OC(C)(C)C)c2)cs1. The van der Waals surface area contributed by atoms with Crippen molar-refractivity contribution in [3.05, 3.63) is 45.9 Å². The van der Waals surface area contributed by atoms with E-state index >= 15 is 0 Å². The smallest absolute Gasteiger partial charge is 0.407 e. The van der Waals surface area contributed by atoms with Crippen molar-refractivity contribution in [3.8, 4) is 0 Å². The van der Waals surface area contributed by atoms with Gasteiger partial charge in [0.25, 0.3) is 0 Å². The number of benzene rings is 1. The average Bonchev–Trinajstić information content (AvgIpc) is 3.07. The van der Waals surface area contributed by atoms with E-state index in [2.05, 4.69) is 27.9 Å². The minimum absolute atomic E-state index is 0.275. The highest BCUT2D eigenvalue weighted by atomic mass is 32.1. The van der Waals surface area contributed by atoms with Gasteiger partial charge in [0, 0.05) is 30.6 Å². The molecule has 3 N–H and O–H groups in total. The van der Waals surface area contributed by atoms with Crippen molar-refractivity contribution in [1.82, 2.24) is 15.6 Å². The van der Waals surface area contributed by atoms with Crippen molar-refractivity contribution in [2.45, 2.75) is 52.7 Å². The molecule has 2 aromatic rings. The van der Waals surface area contributed by atoms with E-state index in [0.29, 0.717) is 25.2 Å². The average molecular weight is 405 g/mol. The van der Waals surface area contributed by atoms with Gasteiger partial charge in [-0.1, -0.05) is 19.1 Å². The van der Waals surface area contributed by atoms with Crippen LogP contribution < -0.4 is 16.0 Å². The monoisotopic (exact) mass is 404 g/mol. The lowest BCUT2D eigenvalue weighted by molar-refractivity contribution is 0.0523. The number of alkyl carbamates (subject to hydrolysis) is 1. The summed E-state index contributed by atoms with van der Waals surface area (Å²) in [6.45, 7) is 8.34. The van der Waals surface area contributed by atoms with Crippen LogP contribution in [0, 0.1) is 0 Å². The molecule has 152 valence electrons. The first-order valence-corrected chi connectivity index (χ1v) is 10.2. The van der Waals surface area contributed by atoms with Gasteiger partial charge in [0.05, 0.1) is 10.7 Å². The quantitative estimate of drug-likeness (QED) is 0.648. The summed E-state index contributed by atoms with van der Waals surface area (Å²) in [5.74, 6) is 0. The summed E-state index contributed by atoms with van der Waals surface area (Å²) in [5, 5.41) is 11.5. The number of nitrogens with zero attached hydrogens (tertiary/aromatic N) is 1. The third-order valence-electron chi connectivity index (χ3n) is 3.59. The number of amides is 3. The Morgan fingerprint density at radius 2 is 2.00 bits per heavy atom. The number of hydrogen-bond donors (Lipinski definition) is 3. The van der Waals surface area contributed by atoms with Crippen LogP contribution in [0.25, 0.3) is 0 Å². The normalized spacial score (nSPS) is 11.0. The summed E-state index contributed by atoms with van der Waals surface area (Å²) in [6, 6.07) is 7.02. The number of carbonyl (C=O) groups excluding carboxylic acids is 2. The van der Waals surface area contributed by atoms with E-state index in [9.17, 15) is 9.59 Å². The van der Waals surface area contributed by atoms with Crippen LogP contribution in [0.15, 0.2) is 29.6 Å². The van der Waals surface area contributed by atoms with E-state index in [1.807, 2.05) is 44.4 Å². The van der Waals surface area contributed by atoms with E-state index in [4.69, 9.17) is 4.74 Å². The van der Waals surface area contributed by atoms with Crippen LogP contribution in [-0.2, 0) is 24.1 Å². The van der Waals surface area contributed by atoms with Gasteiger partial charge in [-0.25, -0.2) is 14.6 Å². The predicted octanol–water partition coefficient (Wildman–Crippen LogP) is 4.09. The molecule has 0 aliphatic carbocycles. The number of hydrogen-bond acceptors (Lipinski definition) is 5. The highest BCUT2D eigenvalue weighted by Gasteiger charge is 2.15. The van der Waals surface area contributed by atoms with Gasteiger partial charge in [0.2, 0.25) is 0 Å². The van der Waals surface area contributed by atoms with Crippen molar-refractivity contribution in [2.75, 3.05) is 11.9 Å². The molecule has 0 saturated carbocycles. The topological polar surface area (TPSA) is 92.4 Å². The maximum absolute atomic E-state index is 12.1. The van der Waals surface area contributed by atoms with Crippen molar-refractivity contribution in [1.29, 1.82) is 0 Å². The molecule has 28 heavy (non-hydrogen) atoms. The Balaban J connectivity index is 1.76. The molecule has 0 atom stereocenters. The zero-order chi connectivity index (χ0) is 20.6. The summed E-state index contributed by atoms with van der Waals surface area (Å²) in [5.41, 5.74) is 1.97. The molecule has 3 amide bonds. The standard InChI is InChI=1S/C20H28N4O3S/c1-5-17-23-16(13-28-17)9-10-21-18(25)24-15-8-6-7-14(11-15)12-22-19(26)27-20(2,3)4/h6-8,11,13H,5,9-10,12H2,1-4H3,(H,22,26)(H2,21,24,25). The highest BCUT2D eigenvalue weighted by Crippen LogP contribution is 2.12. The molecule has 7 nitrogen and oxygen atoms in total. The maximum atomic E-state index is 12.1. The molecule has 0 saturated heterocycles. The van der Waals surface area contributed by atoms with Crippen molar-refractivity contribution >= 4 is 29.1 Å². The number of nitrogens with one attached hydrogen (secondary N) is 3. The Morgan fingerprint density at radius 3 is 2.68 bits per heavy atom. The lowest BCUT2D eigenvalue weighted by Gasteiger charge is -2.19. The molecule has 0 bridgehead atoms. The molecule has 0 unspecified atom stereocenters. The summed E-state index contributed by atoms with van der Waals surface area (Å²) >= 11 is 1.64. The van der Waals surface area contributed by atoms with E-state index in [1.165, 1.54) is 0 Å². The number of urea groups is 1. The second kappa shape index (κ2) is 10.1. The summed E-state index contributed by atoms with van der Waals surface area (Å²) in [7, 11) is 0. The molecule has 8 heteroatoms. The fourth-order valence-corrected chi connectivity index (χ4v) is 3.13. The third-order valence-corrected chi connectivity index (χ3v) is 4.63. The number of ether oxygens (including phenoxy) is 1. The van der Waals surface area contributed by atoms with Gasteiger partial charge in [-0.3, -0.25) is 0 Å². The first-order valence-electron chi connectivity index (χ1n) is 9.29. The summed E-state index contributed by atoms with van der Waals surface area (Å²) < 4.78 is 5.21. The molecule has 0 fully saturated rings. The van der Waals surface area contributed by atoms with Gasteiger partial charge >= 0.3 is 12.1 Å². The fourth-order valence-electron chi connectivity index (χ4n) is 2.35. The first kappa shape index (κ1) is 21.7. The Labute approximate surface area is 169 Å². The van der Waals surface area contributed by atoms with Crippen LogP contribution in [0.2, 0.25) is 0 Å². The second-order valence-electron chi connectivity index (χ2n) is 7.27. The molecule has 0 radical (unpaired) electrons. The van der Waals surface area contributed by atoms with Crippen molar-refractivity contribution < 1.29 is 14.3 Å². The van der Waals surface area contributed by atoms with Crippen LogP contribution in [0.5, 0.6) is 0 Å². The molecular weight excluding hydrogens is 376 g/mol. The molecule has 1 aromatic heterocycles. The molecule has 1 heterocycles. The van der Waals surface area contributed by atoms with Crippen LogP contribution in [0.1, 0.15) is 44.0 Å². The summed E-state index contributed by atoms with van der Waals surface area (Å²) in [4.78, 5) is 28.3. The van der Waals surface area contributed by atoms with Gasteiger partial charge in [-0.2, -0.15) is 0 Å². The van der Waals surface area contributed by atoms with E-state index in [1.54, 1.807) is 17.4 Å². The minimum atomic E-state index is -0.539. The highest BCUT2D eigenvalue weighted by molar-refractivity contribution is 7.09. The van der Waals surface area contributed by atoms with Gasteiger partial charge < -0.3 is 20.7 Å².